The highest BCUT2D eigenvalue weighted by Crippen LogP contribution is 2.61. The van der Waals surface area contributed by atoms with Crippen molar-refractivity contribution in [3.8, 4) is 0 Å². The highest BCUT2D eigenvalue weighted by Gasteiger charge is 2.53. The number of carbonyl (C=O) groups is 2. The zero-order valence-corrected chi connectivity index (χ0v) is 20.4. The lowest BCUT2D eigenvalue weighted by Gasteiger charge is -2.59. The van der Waals surface area contributed by atoms with Crippen LogP contribution in [-0.4, -0.2) is 61.7 Å². The Morgan fingerprint density at radius 1 is 1.00 bits per heavy atom. The number of hydrogen-bond acceptors (Lipinski definition) is 4. The molecule has 0 spiro atoms. The average molecular weight is 474 g/mol. The summed E-state index contributed by atoms with van der Waals surface area (Å²) in [7, 11) is -3.72. The maximum atomic E-state index is 13.2. The Kier molecular flexibility index (Phi) is 5.80. The Labute approximate surface area is 196 Å². The lowest BCUT2D eigenvalue weighted by atomic mass is 9.48. The van der Waals surface area contributed by atoms with Crippen molar-refractivity contribution in [3.63, 3.8) is 0 Å². The molecule has 5 aliphatic rings. The van der Waals surface area contributed by atoms with Crippen LogP contribution < -0.4 is 5.32 Å². The van der Waals surface area contributed by atoms with Crippen LogP contribution in [0.25, 0.3) is 0 Å². The van der Waals surface area contributed by atoms with Gasteiger partial charge in [0.2, 0.25) is 15.9 Å². The molecule has 1 heterocycles. The van der Waals surface area contributed by atoms with E-state index >= 15 is 0 Å². The number of nitrogens with zero attached hydrogens (tertiary/aromatic N) is 2. The molecule has 0 aromatic heterocycles. The topological polar surface area (TPSA) is 86.8 Å². The van der Waals surface area contributed by atoms with Gasteiger partial charge in [-0.05, 0) is 86.8 Å². The summed E-state index contributed by atoms with van der Waals surface area (Å²) in [5, 5.41) is 3.24. The highest BCUT2D eigenvalue weighted by molar-refractivity contribution is 7.89. The van der Waals surface area contributed by atoms with Crippen molar-refractivity contribution in [2.45, 2.75) is 63.3 Å². The second kappa shape index (κ2) is 8.38. The van der Waals surface area contributed by atoms with Gasteiger partial charge in [0, 0.05) is 44.7 Å². The number of sulfonamides is 1. The number of rotatable bonds is 5. The first kappa shape index (κ1) is 22.8. The van der Waals surface area contributed by atoms with Crippen LogP contribution in [0, 0.1) is 23.2 Å². The third-order valence-electron chi connectivity index (χ3n) is 8.77. The van der Waals surface area contributed by atoms with Gasteiger partial charge in [0.1, 0.15) is 0 Å². The van der Waals surface area contributed by atoms with E-state index in [0.717, 1.165) is 17.8 Å². The molecule has 1 saturated heterocycles. The molecule has 33 heavy (non-hydrogen) atoms. The molecular formula is C25H35N3O4S. The second-order valence-electron chi connectivity index (χ2n) is 10.9. The van der Waals surface area contributed by atoms with Crippen LogP contribution in [0.3, 0.4) is 0 Å². The molecule has 4 bridgehead atoms. The van der Waals surface area contributed by atoms with E-state index in [1.165, 1.54) is 55.8 Å². The summed E-state index contributed by atoms with van der Waals surface area (Å²) in [5.74, 6) is 2.20. The molecule has 1 atom stereocenters. The summed E-state index contributed by atoms with van der Waals surface area (Å²) < 4.78 is 27.8. The van der Waals surface area contributed by atoms with Crippen LogP contribution >= 0.6 is 0 Å². The van der Waals surface area contributed by atoms with Gasteiger partial charge < -0.3 is 10.2 Å². The number of benzene rings is 1. The molecule has 4 saturated carbocycles. The molecule has 0 radical (unpaired) electrons. The minimum Gasteiger partial charge on any atom is -0.349 e. The SMILES string of the molecule is CC(=O)N1CCN(S(=O)(=O)c2cccc(C(=O)N[C@@H](C)C34CC5CC(CC(C5)C3)C4)c2)CC1. The zero-order chi connectivity index (χ0) is 23.4. The molecule has 6 rings (SSSR count). The Morgan fingerprint density at radius 3 is 2.12 bits per heavy atom. The van der Waals surface area contributed by atoms with Crippen LogP contribution in [0.2, 0.25) is 0 Å². The molecule has 1 aliphatic heterocycles. The summed E-state index contributed by atoms with van der Waals surface area (Å²) in [6.45, 7) is 4.94. The van der Waals surface area contributed by atoms with Crippen molar-refractivity contribution < 1.29 is 18.0 Å². The first-order chi connectivity index (χ1) is 15.7. The molecule has 180 valence electrons. The molecule has 4 aliphatic carbocycles. The maximum Gasteiger partial charge on any atom is 0.251 e. The summed E-state index contributed by atoms with van der Waals surface area (Å²) in [5.41, 5.74) is 0.583. The predicted octanol–water partition coefficient (Wildman–Crippen LogP) is 2.87. The smallest absolute Gasteiger partial charge is 0.251 e. The van der Waals surface area contributed by atoms with Crippen molar-refractivity contribution in [2.75, 3.05) is 26.2 Å². The van der Waals surface area contributed by atoms with E-state index in [4.69, 9.17) is 0 Å². The van der Waals surface area contributed by atoms with Gasteiger partial charge >= 0.3 is 0 Å². The molecule has 1 N–H and O–H groups in total. The van der Waals surface area contributed by atoms with Crippen LogP contribution in [0.5, 0.6) is 0 Å². The summed E-state index contributed by atoms with van der Waals surface area (Å²) in [4.78, 5) is 26.5. The van der Waals surface area contributed by atoms with E-state index in [9.17, 15) is 18.0 Å². The van der Waals surface area contributed by atoms with E-state index in [-0.39, 0.29) is 41.3 Å². The minimum atomic E-state index is -3.72. The Bertz CT molecular complexity index is 1010. The average Bonchev–Trinajstić information content (AvgIpc) is 2.78. The Balaban J connectivity index is 1.28. The van der Waals surface area contributed by atoms with Crippen molar-refractivity contribution >= 4 is 21.8 Å². The van der Waals surface area contributed by atoms with E-state index < -0.39 is 10.0 Å². The molecule has 0 unspecified atom stereocenters. The van der Waals surface area contributed by atoms with Crippen molar-refractivity contribution in [3.05, 3.63) is 29.8 Å². The monoisotopic (exact) mass is 473 g/mol. The maximum absolute atomic E-state index is 13.2. The number of carbonyl (C=O) groups excluding carboxylic acids is 2. The van der Waals surface area contributed by atoms with Crippen molar-refractivity contribution in [2.24, 2.45) is 23.2 Å². The molecule has 1 aromatic carbocycles. The number of nitrogens with one attached hydrogen (secondary N) is 1. The largest absolute Gasteiger partial charge is 0.349 e. The Morgan fingerprint density at radius 2 is 1.58 bits per heavy atom. The second-order valence-corrected chi connectivity index (χ2v) is 12.9. The van der Waals surface area contributed by atoms with Crippen molar-refractivity contribution in [1.29, 1.82) is 0 Å². The number of hydrogen-bond donors (Lipinski definition) is 1. The molecule has 7 nitrogen and oxygen atoms in total. The minimum absolute atomic E-state index is 0.0427. The predicted molar refractivity (Wildman–Crippen MR) is 125 cm³/mol. The van der Waals surface area contributed by atoms with Gasteiger partial charge in [-0.2, -0.15) is 4.31 Å². The van der Waals surface area contributed by atoms with Gasteiger partial charge in [-0.3, -0.25) is 9.59 Å². The zero-order valence-electron chi connectivity index (χ0n) is 19.6. The highest BCUT2D eigenvalue weighted by atomic mass is 32.2. The van der Waals surface area contributed by atoms with Crippen molar-refractivity contribution in [1.82, 2.24) is 14.5 Å². The summed E-state index contributed by atoms with van der Waals surface area (Å²) in [6, 6.07) is 6.45. The van der Waals surface area contributed by atoms with Crippen LogP contribution in [-0.2, 0) is 14.8 Å². The van der Waals surface area contributed by atoms with Crippen LogP contribution in [0.1, 0.15) is 62.7 Å². The fourth-order valence-corrected chi connectivity index (χ4v) is 8.80. The Hall–Kier alpha value is -1.93. The number of piperazine rings is 1. The molecule has 8 heteroatoms. The summed E-state index contributed by atoms with van der Waals surface area (Å²) >= 11 is 0. The normalized spacial score (nSPS) is 32.5. The van der Waals surface area contributed by atoms with E-state index in [0.29, 0.717) is 18.7 Å². The standard InChI is InChI=1S/C25H35N3O4S/c1-17(25-14-19-10-20(15-25)12-21(11-19)16-25)26-24(30)22-4-3-5-23(13-22)33(31,32)28-8-6-27(7-9-28)18(2)29/h3-5,13,17,19-21H,6-12,14-16H2,1-2H3,(H,26,30)/t17-,19?,20?,21?,25?/m0/s1. The van der Waals surface area contributed by atoms with Gasteiger partial charge in [0.25, 0.3) is 5.91 Å². The van der Waals surface area contributed by atoms with Crippen LogP contribution in [0.15, 0.2) is 29.2 Å². The lowest BCUT2D eigenvalue weighted by Crippen LogP contribution is -2.55. The molecule has 2 amide bonds. The third-order valence-corrected chi connectivity index (χ3v) is 10.7. The fraction of sp³-hybridized carbons (Fsp3) is 0.680. The van der Waals surface area contributed by atoms with Gasteiger partial charge in [0.05, 0.1) is 4.90 Å². The quantitative estimate of drug-likeness (QED) is 0.712. The number of amides is 2. The van der Waals surface area contributed by atoms with E-state index in [2.05, 4.69) is 12.2 Å². The van der Waals surface area contributed by atoms with Gasteiger partial charge in [-0.25, -0.2) is 8.42 Å². The van der Waals surface area contributed by atoms with Crippen LogP contribution in [0.4, 0.5) is 0 Å². The third kappa shape index (κ3) is 4.20. The van der Waals surface area contributed by atoms with E-state index in [1.54, 1.807) is 23.1 Å². The molecule has 1 aromatic rings. The molecule has 5 fully saturated rings. The lowest BCUT2D eigenvalue weighted by molar-refractivity contribution is -0.129. The van der Waals surface area contributed by atoms with E-state index in [1.807, 2.05) is 0 Å². The van der Waals surface area contributed by atoms with Gasteiger partial charge in [-0.15, -0.1) is 0 Å². The first-order valence-electron chi connectivity index (χ1n) is 12.3. The van der Waals surface area contributed by atoms with Gasteiger partial charge in [-0.1, -0.05) is 6.07 Å². The van der Waals surface area contributed by atoms with Gasteiger partial charge in [0.15, 0.2) is 0 Å². The first-order valence-corrected chi connectivity index (χ1v) is 13.8. The molecular weight excluding hydrogens is 438 g/mol. The fourth-order valence-electron chi connectivity index (χ4n) is 7.33. The summed E-state index contributed by atoms with van der Waals surface area (Å²) in [6.07, 6.45) is 7.71.